The second kappa shape index (κ2) is 9.29. The van der Waals surface area contributed by atoms with Gasteiger partial charge in [-0.05, 0) is 31.6 Å². The Kier molecular flexibility index (Phi) is 6.81. The molecule has 148 valence electrons. The van der Waals surface area contributed by atoms with Crippen LogP contribution in [0.3, 0.4) is 0 Å². The highest BCUT2D eigenvalue weighted by atomic mass is 35.5. The van der Waals surface area contributed by atoms with Gasteiger partial charge in [-0.1, -0.05) is 11.6 Å². The molecule has 2 aromatic heterocycles. The van der Waals surface area contributed by atoms with Crippen LogP contribution < -0.4 is 10.1 Å². The van der Waals surface area contributed by atoms with Gasteiger partial charge in [0.15, 0.2) is 5.15 Å². The molecule has 0 aliphatic heterocycles. The van der Waals surface area contributed by atoms with E-state index in [4.69, 9.17) is 21.1 Å². The minimum atomic E-state index is -0.627. The molecular formula is C17H23ClFN5O3. The number of hydrogen-bond donors (Lipinski definition) is 2. The quantitative estimate of drug-likeness (QED) is 0.704. The number of halogens is 2. The average Bonchev–Trinajstić information content (AvgIpc) is 3.01. The van der Waals surface area contributed by atoms with Crippen molar-refractivity contribution >= 4 is 23.2 Å². The van der Waals surface area contributed by atoms with E-state index in [0.29, 0.717) is 30.6 Å². The molecule has 8 nitrogen and oxygen atoms in total. The van der Waals surface area contributed by atoms with Crippen molar-refractivity contribution in [2.75, 3.05) is 25.6 Å². The Labute approximate surface area is 161 Å². The summed E-state index contributed by atoms with van der Waals surface area (Å²) in [4.78, 5) is 8.01. The van der Waals surface area contributed by atoms with Crippen LogP contribution in [0.15, 0.2) is 12.4 Å². The minimum absolute atomic E-state index is 0.110. The average molecular weight is 400 g/mol. The lowest BCUT2D eigenvalue weighted by Crippen LogP contribution is -2.23. The fraction of sp³-hybridized carbons (Fsp3) is 0.588. The molecule has 0 spiro atoms. The van der Waals surface area contributed by atoms with Crippen molar-refractivity contribution in [3.8, 4) is 5.88 Å². The van der Waals surface area contributed by atoms with Gasteiger partial charge < -0.3 is 19.9 Å². The summed E-state index contributed by atoms with van der Waals surface area (Å²) in [5.74, 6) is -0.286. The van der Waals surface area contributed by atoms with Crippen molar-refractivity contribution in [1.82, 2.24) is 19.7 Å². The number of methoxy groups -OCH3 is 1. The predicted octanol–water partition coefficient (Wildman–Crippen LogP) is 2.79. The van der Waals surface area contributed by atoms with Gasteiger partial charge >= 0.3 is 0 Å². The van der Waals surface area contributed by atoms with Gasteiger partial charge in [0.2, 0.25) is 11.8 Å². The van der Waals surface area contributed by atoms with Crippen molar-refractivity contribution in [3.63, 3.8) is 0 Å². The van der Waals surface area contributed by atoms with Gasteiger partial charge in [-0.2, -0.15) is 14.5 Å². The molecule has 1 aliphatic carbocycles. The maximum Gasteiger partial charge on any atom is 0.255 e. The molecule has 0 atom stereocenters. The highest BCUT2D eigenvalue weighted by Crippen LogP contribution is 2.27. The summed E-state index contributed by atoms with van der Waals surface area (Å²) in [5.41, 5.74) is 0.506. The molecule has 2 aromatic rings. The SMILES string of the molecule is COCCn1ncc(Nc2ncc(F)c(OC[C@H]3CC[C@H](O)CC3)n2)c1Cl. The molecule has 1 fully saturated rings. The van der Waals surface area contributed by atoms with Gasteiger partial charge in [0.25, 0.3) is 5.88 Å². The Hall–Kier alpha value is -1.97. The fourth-order valence-electron chi connectivity index (χ4n) is 2.93. The number of aromatic nitrogens is 4. The maximum atomic E-state index is 14.0. The number of nitrogens with one attached hydrogen (secondary N) is 1. The molecule has 10 heteroatoms. The molecule has 2 N–H and O–H groups in total. The number of nitrogens with zero attached hydrogens (tertiary/aromatic N) is 4. The normalized spacial score (nSPS) is 19.9. The Morgan fingerprint density at radius 1 is 1.33 bits per heavy atom. The van der Waals surface area contributed by atoms with E-state index in [1.807, 2.05) is 0 Å². The third kappa shape index (κ3) is 5.27. The van der Waals surface area contributed by atoms with E-state index in [-0.39, 0.29) is 23.9 Å². The fourth-order valence-corrected chi connectivity index (χ4v) is 3.15. The van der Waals surface area contributed by atoms with Crippen molar-refractivity contribution in [2.24, 2.45) is 5.92 Å². The Balaban J connectivity index is 1.62. The largest absolute Gasteiger partial charge is 0.475 e. The smallest absolute Gasteiger partial charge is 0.255 e. The predicted molar refractivity (Wildman–Crippen MR) is 97.8 cm³/mol. The van der Waals surface area contributed by atoms with Crippen LogP contribution in [0.4, 0.5) is 16.0 Å². The van der Waals surface area contributed by atoms with Crippen LogP contribution >= 0.6 is 11.6 Å². The van der Waals surface area contributed by atoms with Crippen molar-refractivity contribution in [1.29, 1.82) is 0 Å². The van der Waals surface area contributed by atoms with Gasteiger partial charge in [0, 0.05) is 7.11 Å². The lowest BCUT2D eigenvalue weighted by molar-refractivity contribution is 0.0899. The van der Waals surface area contributed by atoms with Crippen molar-refractivity contribution in [3.05, 3.63) is 23.4 Å². The second-order valence-corrected chi connectivity index (χ2v) is 6.88. The van der Waals surface area contributed by atoms with E-state index in [0.717, 1.165) is 31.9 Å². The second-order valence-electron chi connectivity index (χ2n) is 6.52. The number of aliphatic hydroxyl groups is 1. The number of aliphatic hydroxyl groups excluding tert-OH is 1. The number of anilines is 2. The first-order chi connectivity index (χ1) is 13.1. The lowest BCUT2D eigenvalue weighted by Gasteiger charge is -2.25. The summed E-state index contributed by atoms with van der Waals surface area (Å²) >= 11 is 6.26. The van der Waals surface area contributed by atoms with Gasteiger partial charge in [-0.3, -0.25) is 0 Å². The molecule has 0 amide bonds. The van der Waals surface area contributed by atoms with Crippen LogP contribution in [-0.2, 0) is 11.3 Å². The zero-order valence-electron chi connectivity index (χ0n) is 15.1. The van der Waals surface area contributed by atoms with Gasteiger partial charge in [0.1, 0.15) is 0 Å². The molecule has 1 aliphatic rings. The van der Waals surface area contributed by atoms with Gasteiger partial charge in [0.05, 0.1) is 43.9 Å². The van der Waals surface area contributed by atoms with Gasteiger partial charge in [-0.15, -0.1) is 0 Å². The van der Waals surface area contributed by atoms with Crippen LogP contribution in [0.1, 0.15) is 25.7 Å². The first kappa shape index (κ1) is 19.8. The van der Waals surface area contributed by atoms with Crippen LogP contribution in [0.2, 0.25) is 5.15 Å². The topological polar surface area (TPSA) is 94.3 Å². The zero-order chi connectivity index (χ0) is 19.2. The third-order valence-corrected chi connectivity index (χ3v) is 4.91. The summed E-state index contributed by atoms with van der Waals surface area (Å²) in [6, 6.07) is 0. The summed E-state index contributed by atoms with van der Waals surface area (Å²) in [5, 5.41) is 17.0. The monoisotopic (exact) mass is 399 g/mol. The number of hydrogen-bond acceptors (Lipinski definition) is 7. The summed E-state index contributed by atoms with van der Waals surface area (Å²) in [6.07, 6.45) is 5.57. The molecule has 0 radical (unpaired) electrons. The Morgan fingerprint density at radius 2 is 2.11 bits per heavy atom. The first-order valence-electron chi connectivity index (χ1n) is 8.87. The molecule has 27 heavy (non-hydrogen) atoms. The van der Waals surface area contributed by atoms with E-state index < -0.39 is 5.82 Å². The maximum absolute atomic E-state index is 14.0. The molecular weight excluding hydrogens is 377 g/mol. The zero-order valence-corrected chi connectivity index (χ0v) is 15.8. The van der Waals surface area contributed by atoms with Gasteiger partial charge in [-0.25, -0.2) is 9.67 Å². The van der Waals surface area contributed by atoms with E-state index >= 15 is 0 Å². The third-order valence-electron chi connectivity index (χ3n) is 4.51. The first-order valence-corrected chi connectivity index (χ1v) is 9.25. The van der Waals surface area contributed by atoms with E-state index in [9.17, 15) is 9.50 Å². The van der Waals surface area contributed by atoms with Crippen LogP contribution in [0.25, 0.3) is 0 Å². The van der Waals surface area contributed by atoms with Crippen LogP contribution in [-0.4, -0.2) is 51.3 Å². The molecule has 3 rings (SSSR count). The van der Waals surface area contributed by atoms with E-state index in [1.54, 1.807) is 18.0 Å². The molecule has 0 bridgehead atoms. The Morgan fingerprint density at radius 3 is 2.85 bits per heavy atom. The molecule has 1 saturated carbocycles. The van der Waals surface area contributed by atoms with Crippen LogP contribution in [0, 0.1) is 11.7 Å². The minimum Gasteiger partial charge on any atom is -0.475 e. The highest BCUT2D eigenvalue weighted by Gasteiger charge is 2.21. The molecule has 0 unspecified atom stereocenters. The van der Waals surface area contributed by atoms with Crippen molar-refractivity contribution < 1.29 is 19.0 Å². The standard InChI is InChI=1S/C17H23ClFN5O3/c1-26-7-6-24-15(18)14(9-21-24)22-17-20-8-13(19)16(23-17)27-10-11-2-4-12(25)5-3-11/h8-9,11-12,25H,2-7,10H2,1H3,(H,20,22,23)/t11-,12-. The van der Waals surface area contributed by atoms with E-state index in [2.05, 4.69) is 20.4 Å². The summed E-state index contributed by atoms with van der Waals surface area (Å²) < 4.78 is 26.1. The number of ether oxygens (including phenoxy) is 2. The van der Waals surface area contributed by atoms with Crippen molar-refractivity contribution in [2.45, 2.75) is 38.3 Å². The van der Waals surface area contributed by atoms with Crippen LogP contribution in [0.5, 0.6) is 5.88 Å². The Bertz CT molecular complexity index is 752. The number of rotatable bonds is 8. The molecule has 0 aromatic carbocycles. The summed E-state index contributed by atoms with van der Waals surface area (Å²) in [6.45, 7) is 1.34. The molecule has 0 saturated heterocycles. The molecule has 2 heterocycles. The highest BCUT2D eigenvalue weighted by molar-refractivity contribution is 6.32. The summed E-state index contributed by atoms with van der Waals surface area (Å²) in [7, 11) is 1.60. The lowest BCUT2D eigenvalue weighted by atomic mass is 9.88. The van der Waals surface area contributed by atoms with E-state index in [1.165, 1.54) is 0 Å².